The summed E-state index contributed by atoms with van der Waals surface area (Å²) in [6, 6.07) is 4.33. The van der Waals surface area contributed by atoms with Crippen molar-refractivity contribution in [3.05, 3.63) is 23.9 Å². The van der Waals surface area contributed by atoms with Gasteiger partial charge in [0.05, 0.1) is 12.1 Å². The van der Waals surface area contributed by atoms with Crippen molar-refractivity contribution in [2.75, 3.05) is 31.1 Å². The van der Waals surface area contributed by atoms with Crippen molar-refractivity contribution in [2.45, 2.75) is 38.3 Å². The van der Waals surface area contributed by atoms with Crippen LogP contribution in [0.2, 0.25) is 0 Å². The lowest BCUT2D eigenvalue weighted by Crippen LogP contribution is -2.45. The Hall–Kier alpha value is -1.13. The maximum Gasteiger partial charge on any atom is 0.131 e. The molecule has 0 saturated carbocycles. The third kappa shape index (κ3) is 2.60. The van der Waals surface area contributed by atoms with Gasteiger partial charge in [-0.2, -0.15) is 0 Å². The van der Waals surface area contributed by atoms with Gasteiger partial charge in [-0.05, 0) is 44.5 Å². The average molecular weight is 261 g/mol. The van der Waals surface area contributed by atoms with Crippen molar-refractivity contribution in [1.82, 2.24) is 9.88 Å². The van der Waals surface area contributed by atoms with Crippen LogP contribution in [0.3, 0.4) is 0 Å². The van der Waals surface area contributed by atoms with Crippen molar-refractivity contribution in [1.29, 1.82) is 0 Å². The number of rotatable bonds is 2. The summed E-state index contributed by atoms with van der Waals surface area (Å²) in [5.41, 5.74) is 1.19. The first kappa shape index (κ1) is 12.9. The molecule has 1 aromatic rings. The lowest BCUT2D eigenvalue weighted by Gasteiger charge is -2.33. The van der Waals surface area contributed by atoms with Gasteiger partial charge in [-0.25, -0.2) is 4.98 Å². The fraction of sp³-hybridized carbons (Fsp3) is 0.667. The Kier molecular flexibility index (Phi) is 3.71. The number of aliphatic hydroxyl groups is 1. The zero-order valence-electron chi connectivity index (χ0n) is 11.6. The van der Waals surface area contributed by atoms with Crippen LogP contribution in [0, 0.1) is 6.92 Å². The highest BCUT2D eigenvalue weighted by molar-refractivity contribution is 5.47. The molecule has 2 fully saturated rings. The van der Waals surface area contributed by atoms with E-state index in [-0.39, 0.29) is 12.1 Å². The van der Waals surface area contributed by atoms with E-state index in [1.165, 1.54) is 24.8 Å². The Morgan fingerprint density at radius 1 is 1.21 bits per heavy atom. The number of aromatic nitrogens is 1. The first-order valence-electron chi connectivity index (χ1n) is 7.34. The Balaban J connectivity index is 1.72. The predicted molar refractivity (Wildman–Crippen MR) is 76.4 cm³/mol. The van der Waals surface area contributed by atoms with Gasteiger partial charge in [0.15, 0.2) is 0 Å². The third-order valence-electron chi connectivity index (χ3n) is 4.40. The molecule has 4 heteroatoms. The van der Waals surface area contributed by atoms with E-state index in [2.05, 4.69) is 27.8 Å². The lowest BCUT2D eigenvalue weighted by molar-refractivity contribution is 0.0706. The summed E-state index contributed by atoms with van der Waals surface area (Å²) in [4.78, 5) is 9.17. The Morgan fingerprint density at radius 2 is 2.00 bits per heavy atom. The van der Waals surface area contributed by atoms with Crippen molar-refractivity contribution in [3.8, 4) is 0 Å². The van der Waals surface area contributed by atoms with Crippen molar-refractivity contribution in [2.24, 2.45) is 0 Å². The fourth-order valence-corrected chi connectivity index (χ4v) is 3.36. The average Bonchev–Trinajstić information content (AvgIpc) is 2.82. The third-order valence-corrected chi connectivity index (χ3v) is 4.40. The summed E-state index contributed by atoms with van der Waals surface area (Å²) < 4.78 is 0. The van der Waals surface area contributed by atoms with Gasteiger partial charge in [0.2, 0.25) is 0 Å². The van der Waals surface area contributed by atoms with Crippen LogP contribution in [0.15, 0.2) is 18.3 Å². The van der Waals surface area contributed by atoms with Crippen molar-refractivity contribution < 1.29 is 5.11 Å². The minimum atomic E-state index is -0.250. The minimum absolute atomic E-state index is 0.250. The molecule has 3 heterocycles. The first-order chi connectivity index (χ1) is 9.25. The number of aliphatic hydroxyl groups excluding tert-OH is 1. The van der Waals surface area contributed by atoms with E-state index in [1.54, 1.807) is 0 Å². The molecule has 2 atom stereocenters. The van der Waals surface area contributed by atoms with E-state index in [1.807, 2.05) is 12.3 Å². The number of β-amino-alcohol motifs (C(OH)–C–C–N with tert-alkyl or cyclic N) is 1. The molecular formula is C15H23N3O. The molecule has 0 aromatic carbocycles. The van der Waals surface area contributed by atoms with Gasteiger partial charge in [0.25, 0.3) is 0 Å². The summed E-state index contributed by atoms with van der Waals surface area (Å²) in [5, 5.41) is 10.4. The Morgan fingerprint density at radius 3 is 2.74 bits per heavy atom. The Bertz CT molecular complexity index is 431. The Labute approximate surface area is 115 Å². The largest absolute Gasteiger partial charge is 0.390 e. The number of piperidine rings is 1. The van der Waals surface area contributed by atoms with Gasteiger partial charge in [-0.3, -0.25) is 4.90 Å². The molecule has 0 aliphatic carbocycles. The molecule has 19 heavy (non-hydrogen) atoms. The fourth-order valence-electron chi connectivity index (χ4n) is 3.36. The van der Waals surface area contributed by atoms with Gasteiger partial charge >= 0.3 is 0 Å². The number of anilines is 1. The normalized spacial score (nSPS) is 28.8. The molecule has 2 aliphatic heterocycles. The lowest BCUT2D eigenvalue weighted by atomic mass is 10.1. The van der Waals surface area contributed by atoms with E-state index in [0.29, 0.717) is 6.54 Å². The van der Waals surface area contributed by atoms with E-state index in [4.69, 9.17) is 0 Å². The highest BCUT2D eigenvalue weighted by Gasteiger charge is 2.36. The molecule has 0 bridgehead atoms. The molecule has 2 saturated heterocycles. The number of hydrogen-bond donors (Lipinski definition) is 1. The quantitative estimate of drug-likeness (QED) is 0.874. The van der Waals surface area contributed by atoms with Gasteiger partial charge in [-0.1, -0.05) is 12.5 Å². The van der Waals surface area contributed by atoms with Crippen molar-refractivity contribution in [3.63, 3.8) is 0 Å². The standard InChI is InChI=1S/C15H23N3O/c1-12-6-5-7-16-15(12)18-10-13(14(19)11-18)17-8-3-2-4-9-17/h5-7,13-14,19H,2-4,8-11H2,1H3/t13-,14-/m0/s1. The van der Waals surface area contributed by atoms with E-state index < -0.39 is 0 Å². The number of hydrogen-bond acceptors (Lipinski definition) is 4. The first-order valence-corrected chi connectivity index (χ1v) is 7.34. The van der Waals surface area contributed by atoms with Gasteiger partial charge in [0, 0.05) is 19.3 Å². The molecule has 3 rings (SSSR count). The van der Waals surface area contributed by atoms with Crippen LogP contribution in [-0.4, -0.2) is 53.3 Å². The topological polar surface area (TPSA) is 39.6 Å². The highest BCUT2D eigenvalue weighted by atomic mass is 16.3. The van der Waals surface area contributed by atoms with Crippen molar-refractivity contribution >= 4 is 5.82 Å². The zero-order valence-corrected chi connectivity index (χ0v) is 11.6. The smallest absolute Gasteiger partial charge is 0.131 e. The maximum absolute atomic E-state index is 10.4. The molecule has 4 nitrogen and oxygen atoms in total. The van der Waals surface area contributed by atoms with Gasteiger partial charge in [0.1, 0.15) is 5.82 Å². The highest BCUT2D eigenvalue weighted by Crippen LogP contribution is 2.25. The second-order valence-electron chi connectivity index (χ2n) is 5.78. The van der Waals surface area contributed by atoms with Gasteiger partial charge in [-0.15, -0.1) is 0 Å². The molecule has 0 spiro atoms. The molecule has 104 valence electrons. The molecule has 0 radical (unpaired) electrons. The number of aryl methyl sites for hydroxylation is 1. The summed E-state index contributed by atoms with van der Waals surface area (Å²) in [5.74, 6) is 1.03. The monoisotopic (exact) mass is 261 g/mol. The predicted octanol–water partition coefficient (Wildman–Crippen LogP) is 1.43. The summed E-state index contributed by atoms with van der Waals surface area (Å²) >= 11 is 0. The maximum atomic E-state index is 10.4. The van der Waals surface area contributed by atoms with Crippen LogP contribution >= 0.6 is 0 Å². The summed E-state index contributed by atoms with van der Waals surface area (Å²) in [7, 11) is 0. The summed E-state index contributed by atoms with van der Waals surface area (Å²) in [6.45, 7) is 5.97. The van der Waals surface area contributed by atoms with E-state index in [9.17, 15) is 5.11 Å². The second-order valence-corrected chi connectivity index (χ2v) is 5.78. The van der Waals surface area contributed by atoms with Crippen LogP contribution in [-0.2, 0) is 0 Å². The number of nitrogens with zero attached hydrogens (tertiary/aromatic N) is 3. The molecular weight excluding hydrogens is 238 g/mol. The number of likely N-dealkylation sites (tertiary alicyclic amines) is 1. The number of pyridine rings is 1. The SMILES string of the molecule is Cc1cccnc1N1C[C@H](O)[C@@H](N2CCCCC2)C1. The van der Waals surface area contributed by atoms with Crippen LogP contribution in [0.4, 0.5) is 5.82 Å². The van der Waals surface area contributed by atoms with Crippen LogP contribution in [0.1, 0.15) is 24.8 Å². The second kappa shape index (κ2) is 5.47. The minimum Gasteiger partial charge on any atom is -0.390 e. The molecule has 1 aromatic heterocycles. The summed E-state index contributed by atoms with van der Waals surface area (Å²) in [6.07, 6.45) is 5.46. The molecule has 0 unspecified atom stereocenters. The van der Waals surface area contributed by atoms with Gasteiger partial charge < -0.3 is 10.0 Å². The van der Waals surface area contributed by atoms with E-state index >= 15 is 0 Å². The molecule has 1 N–H and O–H groups in total. The molecule has 2 aliphatic rings. The zero-order chi connectivity index (χ0) is 13.2. The van der Waals surface area contributed by atoms with Crippen LogP contribution in [0.25, 0.3) is 0 Å². The van der Waals surface area contributed by atoms with Crippen LogP contribution in [0.5, 0.6) is 0 Å². The molecule has 0 amide bonds. The van der Waals surface area contributed by atoms with E-state index in [0.717, 1.165) is 25.5 Å². The van der Waals surface area contributed by atoms with Crippen LogP contribution < -0.4 is 4.90 Å².